The summed E-state index contributed by atoms with van der Waals surface area (Å²) in [6.45, 7) is 8.23. The fourth-order valence-corrected chi connectivity index (χ4v) is 1.19. The van der Waals surface area contributed by atoms with Crippen LogP contribution in [0.3, 0.4) is 0 Å². The Morgan fingerprint density at radius 2 is 1.69 bits per heavy atom. The lowest BCUT2D eigenvalue weighted by Gasteiger charge is -2.23. The van der Waals surface area contributed by atoms with Crippen molar-refractivity contribution in [3.8, 4) is 0 Å². The second kappa shape index (κ2) is 7.12. The number of halogens is 3. The van der Waals surface area contributed by atoms with Gasteiger partial charge in [-0.25, -0.2) is 0 Å². The third-order valence-corrected chi connectivity index (χ3v) is 2.24. The van der Waals surface area contributed by atoms with Crippen molar-refractivity contribution in [3.63, 3.8) is 0 Å². The van der Waals surface area contributed by atoms with E-state index in [1.165, 1.54) is 0 Å². The molecule has 2 unspecified atom stereocenters. The van der Waals surface area contributed by atoms with E-state index < -0.39 is 12.3 Å². The fourth-order valence-electron chi connectivity index (χ4n) is 1.19. The van der Waals surface area contributed by atoms with Gasteiger partial charge in [0.15, 0.2) is 6.10 Å². The van der Waals surface area contributed by atoms with E-state index in [1.54, 1.807) is 0 Å². The molecule has 0 amide bonds. The molecule has 5 heteroatoms. The molecule has 16 heavy (non-hydrogen) atoms. The van der Waals surface area contributed by atoms with Gasteiger partial charge in [-0.1, -0.05) is 20.8 Å². The maximum absolute atomic E-state index is 12.3. The van der Waals surface area contributed by atoms with Gasteiger partial charge in [0.05, 0.1) is 6.10 Å². The lowest BCUT2D eigenvalue weighted by molar-refractivity contribution is -0.226. The highest BCUT2D eigenvalue weighted by atomic mass is 19.4. The SMILES string of the molecule is CCC(CNCC(C)C)OC(C)C(F)(F)F. The molecule has 0 aliphatic rings. The number of ether oxygens (including phenoxy) is 1. The maximum atomic E-state index is 12.3. The van der Waals surface area contributed by atoms with E-state index >= 15 is 0 Å². The van der Waals surface area contributed by atoms with E-state index in [1.807, 2.05) is 20.8 Å². The summed E-state index contributed by atoms with van der Waals surface area (Å²) in [7, 11) is 0. The highest BCUT2D eigenvalue weighted by Crippen LogP contribution is 2.23. The van der Waals surface area contributed by atoms with Crippen LogP contribution in [-0.4, -0.2) is 31.5 Å². The summed E-state index contributed by atoms with van der Waals surface area (Å²) in [5, 5.41) is 3.10. The molecular weight excluding hydrogens is 219 g/mol. The minimum Gasteiger partial charge on any atom is -0.365 e. The quantitative estimate of drug-likeness (QED) is 0.740. The molecule has 1 N–H and O–H groups in total. The predicted octanol–water partition coefficient (Wildman–Crippen LogP) is 2.98. The molecule has 0 saturated carbocycles. The van der Waals surface area contributed by atoms with E-state index in [2.05, 4.69) is 5.32 Å². The van der Waals surface area contributed by atoms with Crippen molar-refractivity contribution in [2.24, 2.45) is 5.92 Å². The molecule has 0 radical (unpaired) electrons. The summed E-state index contributed by atoms with van der Waals surface area (Å²) in [6, 6.07) is 0. The van der Waals surface area contributed by atoms with E-state index in [-0.39, 0.29) is 6.10 Å². The van der Waals surface area contributed by atoms with Crippen LogP contribution in [0.4, 0.5) is 13.2 Å². The summed E-state index contributed by atoms with van der Waals surface area (Å²) in [6.07, 6.45) is -5.77. The van der Waals surface area contributed by atoms with Gasteiger partial charge in [-0.05, 0) is 25.8 Å². The first kappa shape index (κ1) is 15.7. The van der Waals surface area contributed by atoms with Crippen LogP contribution in [0.25, 0.3) is 0 Å². The van der Waals surface area contributed by atoms with Crippen LogP contribution in [0.5, 0.6) is 0 Å². The first-order chi connectivity index (χ1) is 7.27. The van der Waals surface area contributed by atoms with Gasteiger partial charge in [0.1, 0.15) is 0 Å². The molecule has 2 nitrogen and oxygen atoms in total. The Labute approximate surface area is 95.5 Å². The summed E-state index contributed by atoms with van der Waals surface area (Å²) < 4.78 is 41.7. The molecular formula is C11H22F3NO. The van der Waals surface area contributed by atoms with Crippen molar-refractivity contribution in [3.05, 3.63) is 0 Å². The Morgan fingerprint density at radius 3 is 2.06 bits per heavy atom. The summed E-state index contributed by atoms with van der Waals surface area (Å²) in [4.78, 5) is 0. The van der Waals surface area contributed by atoms with Crippen molar-refractivity contribution in [1.82, 2.24) is 5.32 Å². The van der Waals surface area contributed by atoms with E-state index in [4.69, 9.17) is 4.74 Å². The Morgan fingerprint density at radius 1 is 1.12 bits per heavy atom. The number of hydrogen-bond donors (Lipinski definition) is 1. The van der Waals surface area contributed by atoms with E-state index in [9.17, 15) is 13.2 Å². The van der Waals surface area contributed by atoms with Crippen LogP contribution in [0, 0.1) is 5.92 Å². The topological polar surface area (TPSA) is 21.3 Å². The Balaban J connectivity index is 3.91. The average molecular weight is 241 g/mol. The van der Waals surface area contributed by atoms with Gasteiger partial charge in [0.2, 0.25) is 0 Å². The monoisotopic (exact) mass is 241 g/mol. The summed E-state index contributed by atoms with van der Waals surface area (Å²) >= 11 is 0. The molecule has 0 bridgehead atoms. The van der Waals surface area contributed by atoms with Crippen LogP contribution in [0.1, 0.15) is 34.1 Å². The third kappa shape index (κ3) is 7.06. The molecule has 0 aliphatic carbocycles. The Bertz CT molecular complexity index is 183. The van der Waals surface area contributed by atoms with E-state index in [0.717, 1.165) is 13.5 Å². The molecule has 0 fully saturated rings. The smallest absolute Gasteiger partial charge is 0.365 e. The molecule has 0 aromatic carbocycles. The first-order valence-electron chi connectivity index (χ1n) is 5.70. The van der Waals surface area contributed by atoms with Crippen LogP contribution >= 0.6 is 0 Å². The molecule has 0 heterocycles. The number of nitrogens with one attached hydrogen (secondary N) is 1. The first-order valence-corrected chi connectivity index (χ1v) is 5.70. The average Bonchev–Trinajstić information content (AvgIpc) is 2.13. The predicted molar refractivity (Wildman–Crippen MR) is 58.4 cm³/mol. The van der Waals surface area contributed by atoms with Gasteiger partial charge in [-0.3, -0.25) is 0 Å². The molecule has 0 aromatic rings. The number of hydrogen-bond acceptors (Lipinski definition) is 2. The van der Waals surface area contributed by atoms with Crippen molar-refractivity contribution < 1.29 is 17.9 Å². The van der Waals surface area contributed by atoms with Crippen molar-refractivity contribution in [1.29, 1.82) is 0 Å². The summed E-state index contributed by atoms with van der Waals surface area (Å²) in [5.74, 6) is 0.484. The highest BCUT2D eigenvalue weighted by Gasteiger charge is 2.38. The van der Waals surface area contributed by atoms with Crippen LogP contribution in [0.2, 0.25) is 0 Å². The molecule has 2 atom stereocenters. The lowest BCUT2D eigenvalue weighted by atomic mass is 10.2. The van der Waals surface area contributed by atoms with Crippen LogP contribution < -0.4 is 5.32 Å². The second-order valence-corrected chi connectivity index (χ2v) is 4.40. The molecule has 0 aliphatic heterocycles. The molecule has 0 aromatic heterocycles. The van der Waals surface area contributed by atoms with Crippen LogP contribution in [0.15, 0.2) is 0 Å². The minimum absolute atomic E-state index is 0.379. The molecule has 0 rings (SSSR count). The molecule has 98 valence electrons. The highest BCUT2D eigenvalue weighted by molar-refractivity contribution is 4.67. The number of alkyl halides is 3. The fraction of sp³-hybridized carbons (Fsp3) is 1.00. The Kier molecular flexibility index (Phi) is 6.99. The Hall–Kier alpha value is -0.290. The molecule has 0 saturated heterocycles. The second-order valence-electron chi connectivity index (χ2n) is 4.40. The largest absolute Gasteiger partial charge is 0.414 e. The standard InChI is InChI=1S/C11H22F3NO/c1-5-10(7-15-6-8(2)3)16-9(4)11(12,13)14/h8-10,15H,5-7H2,1-4H3. The van der Waals surface area contributed by atoms with Crippen molar-refractivity contribution >= 4 is 0 Å². The zero-order valence-electron chi connectivity index (χ0n) is 10.4. The molecule has 0 spiro atoms. The van der Waals surface area contributed by atoms with Gasteiger partial charge >= 0.3 is 6.18 Å². The van der Waals surface area contributed by atoms with Gasteiger partial charge in [0, 0.05) is 6.54 Å². The summed E-state index contributed by atoms with van der Waals surface area (Å²) in [5.41, 5.74) is 0. The van der Waals surface area contributed by atoms with Crippen molar-refractivity contribution in [2.75, 3.05) is 13.1 Å². The van der Waals surface area contributed by atoms with Gasteiger partial charge in [-0.2, -0.15) is 13.2 Å². The zero-order chi connectivity index (χ0) is 12.8. The van der Waals surface area contributed by atoms with Gasteiger partial charge in [0.25, 0.3) is 0 Å². The normalized spacial score (nSPS) is 16.5. The van der Waals surface area contributed by atoms with E-state index in [0.29, 0.717) is 18.9 Å². The zero-order valence-corrected chi connectivity index (χ0v) is 10.4. The minimum atomic E-state index is -4.27. The number of rotatable bonds is 7. The maximum Gasteiger partial charge on any atom is 0.414 e. The van der Waals surface area contributed by atoms with Crippen LogP contribution in [-0.2, 0) is 4.74 Å². The lowest BCUT2D eigenvalue weighted by Crippen LogP contribution is -2.38. The van der Waals surface area contributed by atoms with Crippen molar-refractivity contribution in [2.45, 2.75) is 52.5 Å². The third-order valence-electron chi connectivity index (χ3n) is 2.24. The van der Waals surface area contributed by atoms with Gasteiger partial charge < -0.3 is 10.1 Å². The van der Waals surface area contributed by atoms with Gasteiger partial charge in [-0.15, -0.1) is 0 Å².